The first-order valence-electron chi connectivity index (χ1n) is 7.99. The topological polar surface area (TPSA) is 86.4 Å². The van der Waals surface area contributed by atoms with Gasteiger partial charge in [-0.3, -0.25) is 9.59 Å². The zero-order valence-electron chi connectivity index (χ0n) is 14.0. The monoisotopic (exact) mass is 375 g/mol. The molecule has 0 saturated heterocycles. The van der Waals surface area contributed by atoms with Gasteiger partial charge in [0, 0.05) is 18.7 Å². The average molecular weight is 375 g/mol. The van der Waals surface area contributed by atoms with Crippen LogP contribution in [0.4, 0.5) is 8.78 Å². The second kappa shape index (κ2) is 8.26. The largest absolute Gasteiger partial charge is 0.481 e. The minimum atomic E-state index is -0.895. The van der Waals surface area contributed by atoms with Gasteiger partial charge >= 0.3 is 0 Å². The quantitative estimate of drug-likeness (QED) is 0.682. The minimum Gasteiger partial charge on any atom is -0.481 e. The molecule has 9 heteroatoms. The molecule has 0 spiro atoms. The Morgan fingerprint density at radius 1 is 1.22 bits per heavy atom. The van der Waals surface area contributed by atoms with Crippen molar-refractivity contribution < 1.29 is 22.7 Å². The number of carbonyl (C=O) groups is 1. The molecular formula is C18H15F2N3O4. The maximum atomic E-state index is 13.4. The number of amides is 1. The SMILES string of the molecule is O=C(COc1ccc(F)cc1F)NCCn1nc(-c2ccco2)ccc1=O. The van der Waals surface area contributed by atoms with Crippen LogP contribution >= 0.6 is 0 Å². The Labute approximate surface area is 152 Å². The van der Waals surface area contributed by atoms with Crippen molar-refractivity contribution in [3.63, 3.8) is 0 Å². The maximum Gasteiger partial charge on any atom is 0.266 e. The molecule has 0 aliphatic heterocycles. The lowest BCUT2D eigenvalue weighted by molar-refractivity contribution is -0.123. The van der Waals surface area contributed by atoms with Crippen molar-refractivity contribution in [3.05, 3.63) is 70.7 Å². The molecule has 3 aromatic rings. The van der Waals surface area contributed by atoms with Crippen molar-refractivity contribution in [2.24, 2.45) is 0 Å². The van der Waals surface area contributed by atoms with E-state index in [4.69, 9.17) is 9.15 Å². The molecule has 7 nitrogen and oxygen atoms in total. The fourth-order valence-corrected chi connectivity index (χ4v) is 2.25. The van der Waals surface area contributed by atoms with Gasteiger partial charge in [0.2, 0.25) is 0 Å². The van der Waals surface area contributed by atoms with Crippen LogP contribution in [0, 0.1) is 11.6 Å². The summed E-state index contributed by atoms with van der Waals surface area (Å²) in [7, 11) is 0. The molecule has 0 saturated carbocycles. The summed E-state index contributed by atoms with van der Waals surface area (Å²) in [4.78, 5) is 23.6. The summed E-state index contributed by atoms with van der Waals surface area (Å²) in [6, 6.07) is 9.11. The molecule has 1 aromatic carbocycles. The molecule has 0 aliphatic carbocycles. The fraction of sp³-hybridized carbons (Fsp3) is 0.167. The van der Waals surface area contributed by atoms with E-state index in [-0.39, 0.29) is 24.4 Å². The third-order valence-electron chi connectivity index (χ3n) is 3.54. The Bertz CT molecular complexity index is 987. The molecule has 1 N–H and O–H groups in total. The zero-order valence-corrected chi connectivity index (χ0v) is 14.0. The average Bonchev–Trinajstić information content (AvgIpc) is 3.17. The van der Waals surface area contributed by atoms with Crippen LogP contribution in [0.25, 0.3) is 11.5 Å². The van der Waals surface area contributed by atoms with Crippen molar-refractivity contribution in [2.75, 3.05) is 13.2 Å². The summed E-state index contributed by atoms with van der Waals surface area (Å²) in [5.41, 5.74) is 0.158. The van der Waals surface area contributed by atoms with Gasteiger partial charge in [0.15, 0.2) is 23.9 Å². The molecule has 0 bridgehead atoms. The van der Waals surface area contributed by atoms with Gasteiger partial charge in [-0.15, -0.1) is 0 Å². The molecule has 0 aliphatic rings. The van der Waals surface area contributed by atoms with E-state index in [2.05, 4.69) is 10.4 Å². The number of furan rings is 1. The molecule has 140 valence electrons. The molecular weight excluding hydrogens is 360 g/mol. The van der Waals surface area contributed by atoms with Crippen LogP contribution in [0.1, 0.15) is 0 Å². The smallest absolute Gasteiger partial charge is 0.266 e. The second-order valence-corrected chi connectivity index (χ2v) is 5.47. The molecule has 27 heavy (non-hydrogen) atoms. The van der Waals surface area contributed by atoms with E-state index in [1.807, 2.05) is 0 Å². The van der Waals surface area contributed by atoms with E-state index in [9.17, 15) is 18.4 Å². The van der Waals surface area contributed by atoms with Crippen LogP contribution in [0.15, 0.2) is 57.9 Å². The van der Waals surface area contributed by atoms with E-state index in [1.54, 1.807) is 18.2 Å². The first kappa shape index (κ1) is 18.3. The summed E-state index contributed by atoms with van der Waals surface area (Å²) in [5.74, 6) is -1.86. The number of rotatable bonds is 7. The lowest BCUT2D eigenvalue weighted by Gasteiger charge is -2.09. The fourth-order valence-electron chi connectivity index (χ4n) is 2.25. The predicted octanol–water partition coefficient (Wildman–Crippen LogP) is 1.98. The number of hydrogen-bond acceptors (Lipinski definition) is 5. The minimum absolute atomic E-state index is 0.114. The third-order valence-corrected chi connectivity index (χ3v) is 3.54. The van der Waals surface area contributed by atoms with Crippen molar-refractivity contribution in [1.29, 1.82) is 0 Å². The van der Waals surface area contributed by atoms with Gasteiger partial charge in [-0.05, 0) is 30.3 Å². The predicted molar refractivity (Wildman–Crippen MR) is 91.1 cm³/mol. The van der Waals surface area contributed by atoms with Crippen LogP contribution in [-0.2, 0) is 11.3 Å². The van der Waals surface area contributed by atoms with E-state index in [1.165, 1.54) is 17.0 Å². The molecule has 3 rings (SSSR count). The highest BCUT2D eigenvalue weighted by Gasteiger charge is 2.09. The second-order valence-electron chi connectivity index (χ2n) is 5.47. The van der Waals surface area contributed by atoms with E-state index < -0.39 is 24.1 Å². The van der Waals surface area contributed by atoms with Crippen LogP contribution in [-0.4, -0.2) is 28.8 Å². The van der Waals surface area contributed by atoms with Gasteiger partial charge in [-0.2, -0.15) is 5.10 Å². The van der Waals surface area contributed by atoms with Gasteiger partial charge in [-0.25, -0.2) is 13.5 Å². The molecule has 0 fully saturated rings. The Balaban J connectivity index is 1.51. The lowest BCUT2D eigenvalue weighted by atomic mass is 10.3. The van der Waals surface area contributed by atoms with E-state index in [0.717, 1.165) is 12.1 Å². The molecule has 1 amide bonds. The molecule has 2 aromatic heterocycles. The number of ether oxygens (including phenoxy) is 1. The standard InChI is InChI=1S/C18H15F2N3O4/c19-12-3-5-15(13(20)10-12)27-11-17(24)21-7-8-23-18(25)6-4-14(22-23)16-2-1-9-26-16/h1-6,9-10H,7-8,11H2,(H,21,24). The molecule has 0 unspecified atom stereocenters. The Hall–Kier alpha value is -3.49. The van der Waals surface area contributed by atoms with Crippen LogP contribution in [0.2, 0.25) is 0 Å². The van der Waals surface area contributed by atoms with Gasteiger partial charge in [-0.1, -0.05) is 0 Å². The first-order chi connectivity index (χ1) is 13.0. The van der Waals surface area contributed by atoms with E-state index in [0.29, 0.717) is 17.5 Å². The number of aromatic nitrogens is 2. The lowest BCUT2D eigenvalue weighted by Crippen LogP contribution is -2.34. The van der Waals surface area contributed by atoms with E-state index >= 15 is 0 Å². The third kappa shape index (κ3) is 4.78. The summed E-state index contributed by atoms with van der Waals surface area (Å²) in [5, 5.41) is 6.70. The highest BCUT2D eigenvalue weighted by Crippen LogP contribution is 2.17. The molecule has 0 radical (unpaired) electrons. The summed E-state index contributed by atoms with van der Waals surface area (Å²) >= 11 is 0. The van der Waals surface area contributed by atoms with Gasteiger partial charge < -0.3 is 14.5 Å². The number of hydrogen-bond donors (Lipinski definition) is 1. The summed E-state index contributed by atoms with van der Waals surface area (Å²) < 4.78 is 37.7. The number of benzene rings is 1. The summed E-state index contributed by atoms with van der Waals surface area (Å²) in [6.45, 7) is -0.204. The van der Waals surface area contributed by atoms with Crippen molar-refractivity contribution in [3.8, 4) is 17.2 Å². The highest BCUT2D eigenvalue weighted by molar-refractivity contribution is 5.77. The van der Waals surface area contributed by atoms with Gasteiger partial charge in [0.25, 0.3) is 11.5 Å². The van der Waals surface area contributed by atoms with Gasteiger partial charge in [0.1, 0.15) is 11.5 Å². The van der Waals surface area contributed by atoms with Gasteiger partial charge in [0.05, 0.1) is 12.8 Å². The van der Waals surface area contributed by atoms with Crippen LogP contribution in [0.3, 0.4) is 0 Å². The normalized spacial score (nSPS) is 10.6. The Morgan fingerprint density at radius 3 is 2.81 bits per heavy atom. The first-order valence-corrected chi connectivity index (χ1v) is 7.99. The highest BCUT2D eigenvalue weighted by atomic mass is 19.1. The molecule has 0 atom stereocenters. The number of carbonyl (C=O) groups excluding carboxylic acids is 1. The number of nitrogens with one attached hydrogen (secondary N) is 1. The van der Waals surface area contributed by atoms with Crippen molar-refractivity contribution in [1.82, 2.24) is 15.1 Å². The van der Waals surface area contributed by atoms with Crippen LogP contribution in [0.5, 0.6) is 5.75 Å². The molecule has 2 heterocycles. The van der Waals surface area contributed by atoms with Crippen molar-refractivity contribution >= 4 is 5.91 Å². The number of nitrogens with zero attached hydrogens (tertiary/aromatic N) is 2. The maximum absolute atomic E-state index is 13.4. The zero-order chi connectivity index (χ0) is 19.2. The Morgan fingerprint density at radius 2 is 2.07 bits per heavy atom. The Kier molecular flexibility index (Phi) is 5.60. The van der Waals surface area contributed by atoms with Crippen LogP contribution < -0.4 is 15.6 Å². The van der Waals surface area contributed by atoms with Crippen molar-refractivity contribution in [2.45, 2.75) is 6.54 Å². The summed E-state index contributed by atoms with van der Waals surface area (Å²) in [6.07, 6.45) is 1.50. The number of halogens is 2.